The van der Waals surface area contributed by atoms with Crippen molar-refractivity contribution in [3.8, 4) is 17.7 Å². The number of rotatable bonds is 6. The second-order valence-corrected chi connectivity index (χ2v) is 5.77. The molecule has 2 aromatic heterocycles. The molecule has 0 aliphatic rings. The van der Waals surface area contributed by atoms with Crippen LogP contribution in [0.2, 0.25) is 0 Å². The summed E-state index contributed by atoms with van der Waals surface area (Å²) in [5, 5.41) is 12.1. The van der Waals surface area contributed by atoms with Gasteiger partial charge in [0.1, 0.15) is 28.7 Å². The maximum atomic E-state index is 12.4. The Hall–Kier alpha value is -3.99. The number of carbonyl (C=O) groups is 2. The van der Waals surface area contributed by atoms with Crippen molar-refractivity contribution >= 4 is 17.6 Å². The number of hydrogen-bond donors (Lipinski definition) is 1. The van der Waals surface area contributed by atoms with Gasteiger partial charge in [0.05, 0.1) is 7.11 Å². The molecule has 3 aromatic rings. The van der Waals surface area contributed by atoms with Crippen LogP contribution in [0.3, 0.4) is 0 Å². The molecule has 0 atom stereocenters. The van der Waals surface area contributed by atoms with E-state index in [1.54, 1.807) is 60.3 Å². The minimum atomic E-state index is -0.808. The first kappa shape index (κ1) is 18.8. The lowest BCUT2D eigenvalue weighted by Crippen LogP contribution is -2.21. The van der Waals surface area contributed by atoms with Crippen molar-refractivity contribution in [2.45, 2.75) is 6.92 Å². The van der Waals surface area contributed by atoms with Crippen LogP contribution in [0.15, 0.2) is 53.2 Å². The summed E-state index contributed by atoms with van der Waals surface area (Å²) in [6.45, 7) is 1.05. The molecule has 0 radical (unpaired) electrons. The lowest BCUT2D eigenvalue weighted by atomic mass is 10.1. The number of aryl methyl sites for hydroxylation is 1. The van der Waals surface area contributed by atoms with Gasteiger partial charge >= 0.3 is 5.97 Å². The minimum absolute atomic E-state index is 0.000352. The number of amides is 1. The highest BCUT2D eigenvalue weighted by Gasteiger charge is 2.26. The van der Waals surface area contributed by atoms with Crippen molar-refractivity contribution in [2.75, 3.05) is 19.0 Å². The van der Waals surface area contributed by atoms with Crippen LogP contribution in [-0.4, -0.2) is 30.2 Å². The average molecular weight is 379 g/mol. The predicted octanol–water partition coefficient (Wildman–Crippen LogP) is 3.05. The molecule has 2 heterocycles. The molecule has 1 aromatic carbocycles. The summed E-state index contributed by atoms with van der Waals surface area (Å²) in [6.07, 6.45) is 3.38. The molecule has 0 fully saturated rings. The highest BCUT2D eigenvalue weighted by molar-refractivity contribution is 5.97. The van der Waals surface area contributed by atoms with E-state index >= 15 is 0 Å². The van der Waals surface area contributed by atoms with E-state index in [9.17, 15) is 14.9 Å². The third-order valence-electron chi connectivity index (χ3n) is 3.91. The van der Waals surface area contributed by atoms with Crippen LogP contribution in [-0.2, 0) is 9.53 Å². The lowest BCUT2D eigenvalue weighted by Gasteiger charge is -2.07. The molecule has 142 valence electrons. The Kier molecular flexibility index (Phi) is 5.46. The van der Waals surface area contributed by atoms with Crippen molar-refractivity contribution in [1.29, 1.82) is 5.26 Å². The molecule has 28 heavy (non-hydrogen) atoms. The Balaban J connectivity index is 1.70. The normalized spacial score (nSPS) is 10.2. The highest BCUT2D eigenvalue weighted by Crippen LogP contribution is 2.26. The van der Waals surface area contributed by atoms with Crippen LogP contribution in [0.25, 0.3) is 5.88 Å². The van der Waals surface area contributed by atoms with Gasteiger partial charge in [-0.15, -0.1) is 0 Å². The first-order valence-electron chi connectivity index (χ1n) is 8.31. The van der Waals surface area contributed by atoms with E-state index in [1.807, 2.05) is 6.07 Å². The first-order valence-corrected chi connectivity index (χ1v) is 8.31. The topological polar surface area (TPSA) is 106 Å². The molecule has 1 N–H and O–H groups in total. The maximum Gasteiger partial charge on any atom is 0.343 e. The third-order valence-corrected chi connectivity index (χ3v) is 3.91. The number of nitrogens with zero attached hydrogens (tertiary/aromatic N) is 2. The molecular formula is C20H17N3O5. The molecule has 0 saturated carbocycles. The maximum absolute atomic E-state index is 12.4. The minimum Gasteiger partial charge on any atom is -0.497 e. The molecule has 0 spiro atoms. The predicted molar refractivity (Wildman–Crippen MR) is 99.4 cm³/mol. The second kappa shape index (κ2) is 8.14. The number of benzene rings is 1. The SMILES string of the molecule is COc1cccc(NC(=O)COC(=O)c2c(C)oc(-n3cccc3)c2C#N)c1. The largest absolute Gasteiger partial charge is 0.497 e. The summed E-state index contributed by atoms with van der Waals surface area (Å²) in [5.74, 6) is -0.292. The van der Waals surface area contributed by atoms with Crippen LogP contribution in [0, 0.1) is 18.3 Å². The van der Waals surface area contributed by atoms with E-state index in [1.165, 1.54) is 7.11 Å². The van der Waals surface area contributed by atoms with Crippen molar-refractivity contribution in [3.05, 3.63) is 65.7 Å². The molecule has 3 rings (SSSR count). The zero-order valence-corrected chi connectivity index (χ0v) is 15.3. The van der Waals surface area contributed by atoms with Gasteiger partial charge in [0.15, 0.2) is 6.61 Å². The van der Waals surface area contributed by atoms with Gasteiger partial charge in [-0.3, -0.25) is 9.36 Å². The van der Waals surface area contributed by atoms with Crippen molar-refractivity contribution in [2.24, 2.45) is 0 Å². The standard InChI is InChI=1S/C20H17N3O5/c1-13-18(16(11-21)19(28-13)23-8-3-4-9-23)20(25)27-12-17(24)22-14-6-5-7-15(10-14)26-2/h3-10H,12H2,1-2H3,(H,22,24). The van der Waals surface area contributed by atoms with Crippen LogP contribution < -0.4 is 10.1 Å². The fourth-order valence-corrected chi connectivity index (χ4v) is 2.63. The molecular weight excluding hydrogens is 362 g/mol. The fraction of sp³-hybridized carbons (Fsp3) is 0.150. The summed E-state index contributed by atoms with van der Waals surface area (Å²) in [5.41, 5.74) is 0.555. The number of hydrogen-bond acceptors (Lipinski definition) is 6. The van der Waals surface area contributed by atoms with Gasteiger partial charge in [0.2, 0.25) is 5.88 Å². The summed E-state index contributed by atoms with van der Waals surface area (Å²) in [7, 11) is 1.52. The van der Waals surface area contributed by atoms with E-state index in [0.29, 0.717) is 11.4 Å². The molecule has 0 bridgehead atoms. The zero-order valence-electron chi connectivity index (χ0n) is 15.3. The Bertz CT molecular complexity index is 1040. The van der Waals surface area contributed by atoms with Crippen LogP contribution >= 0.6 is 0 Å². The van der Waals surface area contributed by atoms with Crippen molar-refractivity contribution in [3.63, 3.8) is 0 Å². The van der Waals surface area contributed by atoms with E-state index in [0.717, 1.165) is 0 Å². The second-order valence-electron chi connectivity index (χ2n) is 5.77. The van der Waals surface area contributed by atoms with E-state index in [-0.39, 0.29) is 22.8 Å². The Morgan fingerprint density at radius 2 is 2.00 bits per heavy atom. The summed E-state index contributed by atoms with van der Waals surface area (Å²) >= 11 is 0. The molecule has 0 unspecified atom stereocenters. The molecule has 8 nitrogen and oxygen atoms in total. The van der Waals surface area contributed by atoms with Gasteiger partial charge in [-0.2, -0.15) is 5.26 Å². The Morgan fingerprint density at radius 3 is 2.68 bits per heavy atom. The third kappa shape index (κ3) is 3.88. The van der Waals surface area contributed by atoms with Gasteiger partial charge in [0, 0.05) is 24.1 Å². The monoisotopic (exact) mass is 379 g/mol. The number of nitriles is 1. The van der Waals surface area contributed by atoms with Gasteiger partial charge in [0.25, 0.3) is 5.91 Å². The smallest absolute Gasteiger partial charge is 0.343 e. The van der Waals surface area contributed by atoms with E-state index < -0.39 is 18.5 Å². The molecule has 0 aliphatic heterocycles. The molecule has 0 saturated heterocycles. The van der Waals surface area contributed by atoms with Crippen LogP contribution in [0.5, 0.6) is 5.75 Å². The first-order chi connectivity index (χ1) is 13.5. The van der Waals surface area contributed by atoms with Crippen molar-refractivity contribution < 1.29 is 23.5 Å². The number of furan rings is 1. The van der Waals surface area contributed by atoms with Gasteiger partial charge < -0.3 is 19.2 Å². The Labute approximate surface area is 160 Å². The number of aromatic nitrogens is 1. The number of methoxy groups -OCH3 is 1. The molecule has 1 amide bonds. The Morgan fingerprint density at radius 1 is 1.25 bits per heavy atom. The van der Waals surface area contributed by atoms with Crippen LogP contribution in [0.1, 0.15) is 21.7 Å². The van der Waals surface area contributed by atoms with Gasteiger partial charge in [-0.1, -0.05) is 6.07 Å². The quantitative estimate of drug-likeness (QED) is 0.660. The van der Waals surface area contributed by atoms with E-state index in [4.69, 9.17) is 13.9 Å². The zero-order chi connectivity index (χ0) is 20.1. The summed E-state index contributed by atoms with van der Waals surface area (Å²) in [6, 6.07) is 12.3. The fourth-order valence-electron chi connectivity index (χ4n) is 2.63. The van der Waals surface area contributed by atoms with Gasteiger partial charge in [-0.05, 0) is 31.2 Å². The highest BCUT2D eigenvalue weighted by atomic mass is 16.5. The average Bonchev–Trinajstić information content (AvgIpc) is 3.33. The summed E-state index contributed by atoms with van der Waals surface area (Å²) < 4.78 is 17.3. The molecule has 0 aliphatic carbocycles. The van der Waals surface area contributed by atoms with Crippen molar-refractivity contribution in [1.82, 2.24) is 4.57 Å². The number of nitrogens with one attached hydrogen (secondary N) is 1. The lowest BCUT2D eigenvalue weighted by molar-refractivity contribution is -0.119. The van der Waals surface area contributed by atoms with Crippen LogP contribution in [0.4, 0.5) is 5.69 Å². The summed E-state index contributed by atoms with van der Waals surface area (Å²) in [4.78, 5) is 24.5. The number of anilines is 1. The number of ether oxygens (including phenoxy) is 2. The van der Waals surface area contributed by atoms with Gasteiger partial charge in [-0.25, -0.2) is 4.79 Å². The number of carbonyl (C=O) groups excluding carboxylic acids is 2. The number of esters is 1. The molecule has 8 heteroatoms. The van der Waals surface area contributed by atoms with E-state index in [2.05, 4.69) is 5.32 Å².